The lowest BCUT2D eigenvalue weighted by Crippen LogP contribution is -2.41. The van der Waals surface area contributed by atoms with Crippen LogP contribution in [0.3, 0.4) is 0 Å². The monoisotopic (exact) mass is 323 g/mol. The Balaban J connectivity index is 1.62. The first-order chi connectivity index (χ1) is 10.7. The fraction of sp³-hybridized carbons (Fsp3) is 0.562. The summed E-state index contributed by atoms with van der Waals surface area (Å²) in [7, 11) is 0. The number of rotatable bonds is 3. The summed E-state index contributed by atoms with van der Waals surface area (Å²) in [6, 6.07) is 4.23. The molecular formula is C16H22ClN3O2. The van der Waals surface area contributed by atoms with Crippen LogP contribution in [0.2, 0.25) is 5.02 Å². The van der Waals surface area contributed by atoms with Gasteiger partial charge in [-0.3, -0.25) is 0 Å². The standard InChI is InChI=1S/C16H22ClN3O2/c17-13-8-11(9-14-15(13)22-7-6-21-14)10-19-16(18)20-12-4-2-1-3-5-12/h8-9,12H,1-7,10H2,(H3,18,19,20). The van der Waals surface area contributed by atoms with Crippen molar-refractivity contribution in [1.82, 2.24) is 5.32 Å². The first kappa shape index (κ1) is 15.3. The summed E-state index contributed by atoms with van der Waals surface area (Å²) in [5.41, 5.74) is 6.94. The number of guanidine groups is 1. The van der Waals surface area contributed by atoms with Crippen molar-refractivity contribution in [2.45, 2.75) is 44.7 Å². The average Bonchev–Trinajstić information content (AvgIpc) is 2.54. The largest absolute Gasteiger partial charge is 0.486 e. The molecule has 5 nitrogen and oxygen atoms in total. The Morgan fingerprint density at radius 1 is 1.23 bits per heavy atom. The molecule has 1 aliphatic heterocycles. The minimum Gasteiger partial charge on any atom is -0.486 e. The topological polar surface area (TPSA) is 68.9 Å². The van der Waals surface area contributed by atoms with Gasteiger partial charge in [0.25, 0.3) is 0 Å². The number of aliphatic imine (C=N–C) groups is 1. The second-order valence-corrected chi connectivity index (χ2v) is 6.19. The molecule has 1 saturated carbocycles. The quantitative estimate of drug-likeness (QED) is 0.663. The smallest absolute Gasteiger partial charge is 0.189 e. The van der Waals surface area contributed by atoms with E-state index in [1.165, 1.54) is 32.1 Å². The van der Waals surface area contributed by atoms with E-state index < -0.39 is 0 Å². The van der Waals surface area contributed by atoms with Gasteiger partial charge in [0.05, 0.1) is 11.6 Å². The van der Waals surface area contributed by atoms with Crippen LogP contribution in [0.5, 0.6) is 11.5 Å². The molecule has 0 bridgehead atoms. The van der Waals surface area contributed by atoms with E-state index in [1.807, 2.05) is 12.1 Å². The number of halogens is 1. The third-order valence-corrected chi connectivity index (χ3v) is 4.33. The van der Waals surface area contributed by atoms with Crippen molar-refractivity contribution in [1.29, 1.82) is 0 Å². The fourth-order valence-corrected chi connectivity index (χ4v) is 3.22. The van der Waals surface area contributed by atoms with Gasteiger partial charge >= 0.3 is 0 Å². The molecule has 1 aliphatic carbocycles. The van der Waals surface area contributed by atoms with Crippen molar-refractivity contribution in [2.24, 2.45) is 10.7 Å². The van der Waals surface area contributed by atoms with Gasteiger partial charge in [-0.25, -0.2) is 4.99 Å². The number of fused-ring (bicyclic) bond motifs is 1. The summed E-state index contributed by atoms with van der Waals surface area (Å²) in [5, 5.41) is 3.86. The van der Waals surface area contributed by atoms with Crippen molar-refractivity contribution in [3.63, 3.8) is 0 Å². The molecule has 0 saturated heterocycles. The van der Waals surface area contributed by atoms with Crippen LogP contribution in [0.25, 0.3) is 0 Å². The molecule has 1 fully saturated rings. The maximum Gasteiger partial charge on any atom is 0.189 e. The Hall–Kier alpha value is -1.62. The summed E-state index contributed by atoms with van der Waals surface area (Å²) in [6.45, 7) is 1.55. The van der Waals surface area contributed by atoms with Crippen LogP contribution in [0, 0.1) is 0 Å². The zero-order valence-corrected chi connectivity index (χ0v) is 13.4. The first-order valence-corrected chi connectivity index (χ1v) is 8.24. The fourth-order valence-electron chi connectivity index (χ4n) is 2.93. The van der Waals surface area contributed by atoms with Crippen LogP contribution < -0.4 is 20.5 Å². The predicted molar refractivity (Wildman–Crippen MR) is 87.8 cm³/mol. The Bertz CT molecular complexity index is 557. The van der Waals surface area contributed by atoms with Gasteiger partial charge in [0, 0.05) is 6.04 Å². The Kier molecular flexibility index (Phi) is 4.93. The molecule has 0 aromatic heterocycles. The molecule has 0 spiro atoms. The van der Waals surface area contributed by atoms with E-state index in [0.29, 0.717) is 48.3 Å². The number of ether oxygens (including phenoxy) is 2. The van der Waals surface area contributed by atoms with Crippen LogP contribution in [-0.2, 0) is 6.54 Å². The van der Waals surface area contributed by atoms with E-state index in [-0.39, 0.29) is 0 Å². The van der Waals surface area contributed by atoms with Crippen molar-refractivity contribution in [3.05, 3.63) is 22.7 Å². The maximum atomic E-state index is 6.22. The van der Waals surface area contributed by atoms with Crippen molar-refractivity contribution in [2.75, 3.05) is 13.2 Å². The van der Waals surface area contributed by atoms with E-state index >= 15 is 0 Å². The average molecular weight is 324 g/mol. The van der Waals surface area contributed by atoms with Crippen LogP contribution >= 0.6 is 11.6 Å². The normalized spacial score (nSPS) is 19.0. The van der Waals surface area contributed by atoms with E-state index in [9.17, 15) is 0 Å². The lowest BCUT2D eigenvalue weighted by atomic mass is 9.96. The molecule has 0 radical (unpaired) electrons. The summed E-state index contributed by atoms with van der Waals surface area (Å²) in [5.74, 6) is 1.80. The highest BCUT2D eigenvalue weighted by molar-refractivity contribution is 6.32. The second-order valence-electron chi connectivity index (χ2n) is 5.78. The zero-order valence-electron chi connectivity index (χ0n) is 12.6. The van der Waals surface area contributed by atoms with Crippen molar-refractivity contribution >= 4 is 17.6 Å². The predicted octanol–water partition coefficient (Wildman–Crippen LogP) is 2.85. The minimum absolute atomic E-state index is 0.460. The van der Waals surface area contributed by atoms with E-state index in [2.05, 4.69) is 10.3 Å². The molecule has 3 rings (SSSR count). The van der Waals surface area contributed by atoms with Crippen LogP contribution in [0.1, 0.15) is 37.7 Å². The first-order valence-electron chi connectivity index (χ1n) is 7.87. The molecule has 1 aromatic carbocycles. The number of nitrogens with two attached hydrogens (primary N) is 1. The molecule has 22 heavy (non-hydrogen) atoms. The summed E-state index contributed by atoms with van der Waals surface area (Å²) < 4.78 is 11.1. The zero-order chi connectivity index (χ0) is 15.4. The minimum atomic E-state index is 0.460. The van der Waals surface area contributed by atoms with Crippen LogP contribution in [0.4, 0.5) is 0 Å². The van der Waals surface area contributed by atoms with Crippen molar-refractivity contribution in [3.8, 4) is 11.5 Å². The SMILES string of the molecule is NC(=NCc1cc(Cl)c2c(c1)OCCO2)NC1CCCCC1. The Labute approximate surface area is 135 Å². The molecule has 1 heterocycles. The highest BCUT2D eigenvalue weighted by Crippen LogP contribution is 2.38. The number of nitrogens with one attached hydrogen (secondary N) is 1. The molecule has 0 amide bonds. The summed E-state index contributed by atoms with van der Waals surface area (Å²) >= 11 is 6.22. The lowest BCUT2D eigenvalue weighted by molar-refractivity contribution is 0.171. The van der Waals surface area contributed by atoms with E-state index in [0.717, 1.165) is 5.56 Å². The number of hydrogen-bond acceptors (Lipinski definition) is 3. The third-order valence-electron chi connectivity index (χ3n) is 4.05. The van der Waals surface area contributed by atoms with Gasteiger partial charge in [-0.15, -0.1) is 0 Å². The molecule has 6 heteroatoms. The van der Waals surface area contributed by atoms with Crippen molar-refractivity contribution < 1.29 is 9.47 Å². The highest BCUT2D eigenvalue weighted by Gasteiger charge is 2.17. The maximum absolute atomic E-state index is 6.22. The van der Waals surface area contributed by atoms with Gasteiger partial charge in [0.1, 0.15) is 13.2 Å². The van der Waals surface area contributed by atoms with Gasteiger partial charge < -0.3 is 20.5 Å². The summed E-state index contributed by atoms with van der Waals surface area (Å²) in [4.78, 5) is 4.41. The number of hydrogen-bond donors (Lipinski definition) is 2. The molecule has 3 N–H and O–H groups in total. The van der Waals surface area contributed by atoms with Gasteiger partial charge in [-0.05, 0) is 30.5 Å². The molecule has 2 aliphatic rings. The molecular weight excluding hydrogens is 302 g/mol. The third kappa shape index (κ3) is 3.77. The summed E-state index contributed by atoms with van der Waals surface area (Å²) in [6.07, 6.45) is 6.20. The Morgan fingerprint density at radius 2 is 2.00 bits per heavy atom. The molecule has 120 valence electrons. The second kappa shape index (κ2) is 7.09. The Morgan fingerprint density at radius 3 is 2.82 bits per heavy atom. The molecule has 0 atom stereocenters. The highest BCUT2D eigenvalue weighted by atomic mass is 35.5. The number of benzene rings is 1. The van der Waals surface area contributed by atoms with Gasteiger partial charge in [0.15, 0.2) is 17.5 Å². The number of nitrogens with zero attached hydrogens (tertiary/aromatic N) is 1. The molecule has 0 unspecified atom stereocenters. The van der Waals surface area contributed by atoms with Gasteiger partial charge in [0.2, 0.25) is 0 Å². The molecule has 1 aromatic rings. The van der Waals surface area contributed by atoms with Gasteiger partial charge in [-0.1, -0.05) is 30.9 Å². The lowest BCUT2D eigenvalue weighted by Gasteiger charge is -2.23. The van der Waals surface area contributed by atoms with E-state index in [4.69, 9.17) is 26.8 Å². The van der Waals surface area contributed by atoms with E-state index in [1.54, 1.807) is 0 Å². The van der Waals surface area contributed by atoms with Gasteiger partial charge in [-0.2, -0.15) is 0 Å². The van der Waals surface area contributed by atoms with Crippen LogP contribution in [0.15, 0.2) is 17.1 Å². The van der Waals surface area contributed by atoms with Crippen LogP contribution in [-0.4, -0.2) is 25.2 Å².